The number of rotatable bonds is 5. The SMILES string of the molecule is C=C(C)CNC(=O)Nc1ccc(S(=O)(=O)N2CCOCC2)cn1. The maximum absolute atomic E-state index is 12.4. The van der Waals surface area contributed by atoms with E-state index < -0.39 is 16.1 Å². The second-order valence-corrected chi connectivity index (χ2v) is 7.10. The number of ether oxygens (including phenoxy) is 1. The molecule has 1 aromatic heterocycles. The molecule has 0 aromatic carbocycles. The van der Waals surface area contributed by atoms with Crippen LogP contribution >= 0.6 is 0 Å². The summed E-state index contributed by atoms with van der Waals surface area (Å²) in [5.41, 5.74) is 0.820. The van der Waals surface area contributed by atoms with Gasteiger partial charge in [0.25, 0.3) is 0 Å². The lowest BCUT2D eigenvalue weighted by Crippen LogP contribution is -2.40. The summed E-state index contributed by atoms with van der Waals surface area (Å²) in [6.45, 7) is 7.25. The lowest BCUT2D eigenvalue weighted by Gasteiger charge is -2.25. The molecule has 1 aromatic rings. The minimum Gasteiger partial charge on any atom is -0.379 e. The van der Waals surface area contributed by atoms with E-state index in [0.717, 1.165) is 5.57 Å². The standard InChI is InChI=1S/C14H20N4O4S/c1-11(2)9-16-14(19)17-13-4-3-12(10-15-13)23(20,21)18-5-7-22-8-6-18/h3-4,10H,1,5-9H2,2H3,(H2,15,16,17,19). The molecule has 1 saturated heterocycles. The number of nitrogens with zero attached hydrogens (tertiary/aromatic N) is 2. The van der Waals surface area contributed by atoms with Crippen molar-refractivity contribution in [1.29, 1.82) is 0 Å². The van der Waals surface area contributed by atoms with Crippen molar-refractivity contribution in [3.63, 3.8) is 0 Å². The Morgan fingerprint density at radius 3 is 2.65 bits per heavy atom. The van der Waals surface area contributed by atoms with E-state index in [-0.39, 0.29) is 10.7 Å². The molecular weight excluding hydrogens is 320 g/mol. The van der Waals surface area contributed by atoms with Gasteiger partial charge >= 0.3 is 6.03 Å². The van der Waals surface area contributed by atoms with Crippen LogP contribution in [0.3, 0.4) is 0 Å². The number of hydrogen-bond donors (Lipinski definition) is 2. The molecule has 0 aliphatic carbocycles. The molecule has 0 atom stereocenters. The number of nitrogens with one attached hydrogen (secondary N) is 2. The van der Waals surface area contributed by atoms with Gasteiger partial charge in [-0.05, 0) is 19.1 Å². The first-order valence-electron chi connectivity index (χ1n) is 7.13. The Hall–Kier alpha value is -1.97. The van der Waals surface area contributed by atoms with Crippen molar-refractivity contribution in [1.82, 2.24) is 14.6 Å². The molecule has 9 heteroatoms. The molecule has 0 unspecified atom stereocenters. The number of pyridine rings is 1. The average Bonchev–Trinajstić information content (AvgIpc) is 2.54. The Morgan fingerprint density at radius 1 is 1.39 bits per heavy atom. The lowest BCUT2D eigenvalue weighted by molar-refractivity contribution is 0.0730. The number of aromatic nitrogens is 1. The van der Waals surface area contributed by atoms with Crippen molar-refractivity contribution in [3.8, 4) is 0 Å². The second-order valence-electron chi connectivity index (χ2n) is 5.16. The summed E-state index contributed by atoms with van der Waals surface area (Å²) in [4.78, 5) is 15.7. The zero-order chi connectivity index (χ0) is 16.9. The van der Waals surface area contributed by atoms with Crippen LogP contribution in [0.1, 0.15) is 6.92 Å². The minimum atomic E-state index is -3.58. The summed E-state index contributed by atoms with van der Waals surface area (Å²) in [5.74, 6) is 0.269. The van der Waals surface area contributed by atoms with E-state index in [0.29, 0.717) is 32.8 Å². The van der Waals surface area contributed by atoms with Gasteiger partial charge in [-0.3, -0.25) is 5.32 Å². The molecular formula is C14H20N4O4S. The minimum absolute atomic E-state index is 0.0901. The first-order valence-corrected chi connectivity index (χ1v) is 8.57. The van der Waals surface area contributed by atoms with Crippen molar-refractivity contribution in [2.45, 2.75) is 11.8 Å². The first-order chi connectivity index (χ1) is 10.9. The Kier molecular flexibility index (Phi) is 5.69. The molecule has 2 N–H and O–H groups in total. The van der Waals surface area contributed by atoms with Crippen molar-refractivity contribution < 1.29 is 17.9 Å². The smallest absolute Gasteiger partial charge is 0.320 e. The molecule has 0 bridgehead atoms. The van der Waals surface area contributed by atoms with Crippen molar-refractivity contribution in [2.24, 2.45) is 0 Å². The van der Waals surface area contributed by atoms with Crippen LogP contribution in [0, 0.1) is 0 Å². The van der Waals surface area contributed by atoms with Crippen LogP contribution in [0.5, 0.6) is 0 Å². The van der Waals surface area contributed by atoms with Gasteiger partial charge in [0.05, 0.1) is 13.2 Å². The Balaban J connectivity index is 2.01. The molecule has 0 saturated carbocycles. The highest BCUT2D eigenvalue weighted by molar-refractivity contribution is 7.89. The van der Waals surface area contributed by atoms with E-state index in [9.17, 15) is 13.2 Å². The number of amides is 2. The molecule has 23 heavy (non-hydrogen) atoms. The van der Waals surface area contributed by atoms with Crippen LogP contribution in [0.15, 0.2) is 35.4 Å². The fourth-order valence-corrected chi connectivity index (χ4v) is 3.29. The monoisotopic (exact) mass is 340 g/mol. The van der Waals surface area contributed by atoms with Gasteiger partial charge in [-0.2, -0.15) is 4.31 Å². The highest BCUT2D eigenvalue weighted by Crippen LogP contribution is 2.17. The van der Waals surface area contributed by atoms with Crippen molar-refractivity contribution in [2.75, 3.05) is 38.2 Å². The molecule has 126 valence electrons. The zero-order valence-electron chi connectivity index (χ0n) is 12.9. The maximum atomic E-state index is 12.4. The molecule has 8 nitrogen and oxygen atoms in total. The summed E-state index contributed by atoms with van der Waals surface area (Å²) in [7, 11) is -3.58. The number of hydrogen-bond acceptors (Lipinski definition) is 5. The summed E-state index contributed by atoms with van der Waals surface area (Å²) < 4.78 is 31.4. The predicted molar refractivity (Wildman–Crippen MR) is 85.7 cm³/mol. The molecule has 1 aliphatic heterocycles. The largest absolute Gasteiger partial charge is 0.379 e. The molecule has 0 radical (unpaired) electrons. The maximum Gasteiger partial charge on any atom is 0.320 e. The van der Waals surface area contributed by atoms with Gasteiger partial charge in [-0.25, -0.2) is 18.2 Å². The quantitative estimate of drug-likeness (QED) is 0.772. The topological polar surface area (TPSA) is 101 Å². The Labute approximate surface area is 135 Å². The van der Waals surface area contributed by atoms with Crippen molar-refractivity contribution >= 4 is 21.9 Å². The summed E-state index contributed by atoms with van der Waals surface area (Å²) in [6.07, 6.45) is 1.24. The summed E-state index contributed by atoms with van der Waals surface area (Å²) in [5, 5.41) is 5.12. The van der Waals surface area contributed by atoms with Crippen LogP contribution in [-0.2, 0) is 14.8 Å². The number of carbonyl (C=O) groups is 1. The van der Waals surface area contributed by atoms with E-state index in [1.807, 2.05) is 0 Å². The third kappa shape index (κ3) is 4.75. The Morgan fingerprint density at radius 2 is 2.09 bits per heavy atom. The van der Waals surface area contributed by atoms with E-state index >= 15 is 0 Å². The number of sulfonamides is 1. The molecule has 2 amide bonds. The number of carbonyl (C=O) groups excluding carboxylic acids is 1. The predicted octanol–water partition coefficient (Wildman–Crippen LogP) is 0.800. The van der Waals surface area contributed by atoms with Gasteiger partial charge in [0.1, 0.15) is 10.7 Å². The molecule has 2 heterocycles. The number of urea groups is 1. The van der Waals surface area contributed by atoms with Gasteiger partial charge in [-0.15, -0.1) is 0 Å². The van der Waals surface area contributed by atoms with Crippen LogP contribution in [-0.4, -0.2) is 56.6 Å². The third-order valence-electron chi connectivity index (χ3n) is 3.14. The summed E-state index contributed by atoms with van der Waals surface area (Å²) >= 11 is 0. The Bertz CT molecular complexity index is 667. The van der Waals surface area contributed by atoms with Crippen LogP contribution in [0.2, 0.25) is 0 Å². The molecule has 0 spiro atoms. The van der Waals surface area contributed by atoms with Crippen LogP contribution < -0.4 is 10.6 Å². The van der Waals surface area contributed by atoms with E-state index in [1.54, 1.807) is 6.92 Å². The first kappa shape index (κ1) is 17.4. The van der Waals surface area contributed by atoms with Gasteiger partial charge in [0, 0.05) is 25.8 Å². The van der Waals surface area contributed by atoms with E-state index in [2.05, 4.69) is 22.2 Å². The summed E-state index contributed by atoms with van der Waals surface area (Å²) in [6, 6.07) is 2.45. The van der Waals surface area contributed by atoms with Gasteiger partial charge in [0.2, 0.25) is 10.0 Å². The van der Waals surface area contributed by atoms with Crippen LogP contribution in [0.4, 0.5) is 10.6 Å². The van der Waals surface area contributed by atoms with E-state index in [1.165, 1.54) is 22.6 Å². The highest BCUT2D eigenvalue weighted by atomic mass is 32.2. The average molecular weight is 340 g/mol. The van der Waals surface area contributed by atoms with Gasteiger partial charge < -0.3 is 10.1 Å². The van der Waals surface area contributed by atoms with Gasteiger partial charge in [-0.1, -0.05) is 12.2 Å². The van der Waals surface area contributed by atoms with Gasteiger partial charge in [0.15, 0.2) is 0 Å². The zero-order valence-corrected chi connectivity index (χ0v) is 13.7. The molecule has 1 aliphatic rings. The number of anilines is 1. The number of morpholine rings is 1. The third-order valence-corrected chi connectivity index (χ3v) is 5.02. The molecule has 1 fully saturated rings. The fourth-order valence-electron chi connectivity index (χ4n) is 1.93. The lowest BCUT2D eigenvalue weighted by atomic mass is 10.3. The highest BCUT2D eigenvalue weighted by Gasteiger charge is 2.26. The molecule has 2 rings (SSSR count). The fraction of sp³-hybridized carbons (Fsp3) is 0.429. The van der Waals surface area contributed by atoms with E-state index in [4.69, 9.17) is 4.74 Å². The second kappa shape index (κ2) is 7.53. The normalized spacial score (nSPS) is 15.9. The van der Waals surface area contributed by atoms with Crippen molar-refractivity contribution in [3.05, 3.63) is 30.5 Å². The van der Waals surface area contributed by atoms with Crippen LogP contribution in [0.25, 0.3) is 0 Å².